The molecule has 0 saturated carbocycles. The quantitative estimate of drug-likeness (QED) is 0.814. The lowest BCUT2D eigenvalue weighted by Gasteiger charge is -2.16. The third-order valence-electron chi connectivity index (χ3n) is 3.48. The molecule has 0 amide bonds. The van der Waals surface area contributed by atoms with Crippen LogP contribution in [0.3, 0.4) is 0 Å². The van der Waals surface area contributed by atoms with Gasteiger partial charge in [0.25, 0.3) is 0 Å². The largest absolute Gasteiger partial charge is 0.493 e. The van der Waals surface area contributed by atoms with Gasteiger partial charge in [0.1, 0.15) is 0 Å². The van der Waals surface area contributed by atoms with Crippen LogP contribution in [0.2, 0.25) is 10.0 Å². The summed E-state index contributed by atoms with van der Waals surface area (Å²) in [7, 11) is 3.17. The summed E-state index contributed by atoms with van der Waals surface area (Å²) in [6, 6.07) is 11.8. The fraction of sp³-hybridized carbons (Fsp3) is 0.294. The number of halogens is 2. The zero-order valence-electron chi connectivity index (χ0n) is 12.8. The minimum Gasteiger partial charge on any atom is -0.493 e. The normalized spacial score (nSPS) is 12.0. The number of ether oxygens (including phenoxy) is 2. The Morgan fingerprint density at radius 2 is 1.73 bits per heavy atom. The van der Waals surface area contributed by atoms with E-state index in [2.05, 4.69) is 12.2 Å². The molecule has 22 heavy (non-hydrogen) atoms. The highest BCUT2D eigenvalue weighted by atomic mass is 35.5. The molecule has 1 N–H and O–H groups in total. The van der Waals surface area contributed by atoms with Crippen LogP contribution < -0.4 is 14.8 Å². The lowest BCUT2D eigenvalue weighted by Crippen LogP contribution is -2.18. The molecule has 0 aliphatic rings. The SMILES string of the molecule is COc1cc(CNC(C)c2ccc(Cl)cc2)cc(Cl)c1OC. The number of nitrogens with one attached hydrogen (secondary N) is 1. The number of benzene rings is 2. The highest BCUT2D eigenvalue weighted by Gasteiger charge is 2.12. The Morgan fingerprint density at radius 3 is 2.32 bits per heavy atom. The second kappa shape index (κ2) is 7.73. The van der Waals surface area contributed by atoms with Gasteiger partial charge in [-0.15, -0.1) is 0 Å². The Balaban J connectivity index is 2.08. The van der Waals surface area contributed by atoms with Gasteiger partial charge < -0.3 is 14.8 Å². The summed E-state index contributed by atoms with van der Waals surface area (Å²) >= 11 is 12.1. The van der Waals surface area contributed by atoms with E-state index in [9.17, 15) is 0 Å². The number of hydrogen-bond acceptors (Lipinski definition) is 3. The zero-order valence-corrected chi connectivity index (χ0v) is 14.3. The van der Waals surface area contributed by atoms with Crippen LogP contribution in [-0.4, -0.2) is 14.2 Å². The van der Waals surface area contributed by atoms with Gasteiger partial charge in [0.05, 0.1) is 19.2 Å². The van der Waals surface area contributed by atoms with E-state index >= 15 is 0 Å². The molecular formula is C17H19Cl2NO2. The predicted octanol–water partition coefficient (Wildman–Crippen LogP) is 4.86. The van der Waals surface area contributed by atoms with Gasteiger partial charge in [-0.2, -0.15) is 0 Å². The van der Waals surface area contributed by atoms with Gasteiger partial charge in [0, 0.05) is 17.6 Å². The maximum Gasteiger partial charge on any atom is 0.179 e. The van der Waals surface area contributed by atoms with Crippen molar-refractivity contribution >= 4 is 23.2 Å². The van der Waals surface area contributed by atoms with Crippen molar-refractivity contribution in [2.45, 2.75) is 19.5 Å². The topological polar surface area (TPSA) is 30.5 Å². The second-order valence-corrected chi connectivity index (χ2v) is 5.81. The maximum absolute atomic E-state index is 6.22. The van der Waals surface area contributed by atoms with Gasteiger partial charge >= 0.3 is 0 Å². The fourth-order valence-electron chi connectivity index (χ4n) is 2.21. The molecular weight excluding hydrogens is 321 g/mol. The van der Waals surface area contributed by atoms with Gasteiger partial charge in [0.2, 0.25) is 0 Å². The molecule has 3 nitrogen and oxygen atoms in total. The van der Waals surface area contributed by atoms with E-state index in [1.165, 1.54) is 5.56 Å². The first kappa shape index (κ1) is 16.9. The second-order valence-electron chi connectivity index (χ2n) is 4.97. The van der Waals surface area contributed by atoms with E-state index in [1.54, 1.807) is 14.2 Å². The monoisotopic (exact) mass is 339 g/mol. The third-order valence-corrected chi connectivity index (χ3v) is 4.01. The van der Waals surface area contributed by atoms with Crippen LogP contribution >= 0.6 is 23.2 Å². The van der Waals surface area contributed by atoms with Gasteiger partial charge in [0.15, 0.2) is 11.5 Å². The molecule has 0 bridgehead atoms. The summed E-state index contributed by atoms with van der Waals surface area (Å²) in [4.78, 5) is 0. The van der Waals surface area contributed by atoms with Crippen molar-refractivity contribution in [1.29, 1.82) is 0 Å². The number of rotatable bonds is 6. The molecule has 0 aromatic heterocycles. The zero-order chi connectivity index (χ0) is 16.1. The van der Waals surface area contributed by atoms with Crippen LogP contribution in [0.5, 0.6) is 11.5 Å². The van der Waals surface area contributed by atoms with E-state index in [-0.39, 0.29) is 6.04 Å². The van der Waals surface area contributed by atoms with E-state index in [4.69, 9.17) is 32.7 Å². The minimum absolute atomic E-state index is 0.198. The van der Waals surface area contributed by atoms with E-state index in [1.807, 2.05) is 36.4 Å². The van der Waals surface area contributed by atoms with Crippen molar-refractivity contribution in [3.8, 4) is 11.5 Å². The third kappa shape index (κ3) is 4.07. The Labute approximate surface area is 141 Å². The molecule has 0 heterocycles. The predicted molar refractivity (Wildman–Crippen MR) is 91.3 cm³/mol. The number of methoxy groups -OCH3 is 2. The summed E-state index contributed by atoms with van der Waals surface area (Å²) in [6.45, 7) is 2.77. The van der Waals surface area contributed by atoms with Crippen molar-refractivity contribution in [3.63, 3.8) is 0 Å². The van der Waals surface area contributed by atoms with E-state index < -0.39 is 0 Å². The fourth-order valence-corrected chi connectivity index (χ4v) is 2.65. The molecule has 5 heteroatoms. The molecule has 0 fully saturated rings. The van der Waals surface area contributed by atoms with Gasteiger partial charge in [-0.05, 0) is 42.3 Å². The highest BCUT2D eigenvalue weighted by Crippen LogP contribution is 2.36. The van der Waals surface area contributed by atoms with Gasteiger partial charge in [-0.3, -0.25) is 0 Å². The molecule has 2 aromatic carbocycles. The Hall–Kier alpha value is -1.42. The molecule has 0 radical (unpaired) electrons. The van der Waals surface area contributed by atoms with Gasteiger partial charge in [-0.1, -0.05) is 35.3 Å². The van der Waals surface area contributed by atoms with Crippen LogP contribution in [0.1, 0.15) is 24.1 Å². The lowest BCUT2D eigenvalue weighted by atomic mass is 10.1. The van der Waals surface area contributed by atoms with E-state index in [0.717, 1.165) is 10.6 Å². The summed E-state index contributed by atoms with van der Waals surface area (Å²) < 4.78 is 10.5. The minimum atomic E-state index is 0.198. The molecule has 0 spiro atoms. The first-order valence-corrected chi connectivity index (χ1v) is 7.70. The van der Waals surface area contributed by atoms with Crippen LogP contribution in [0.4, 0.5) is 0 Å². The molecule has 2 rings (SSSR count). The maximum atomic E-state index is 6.22. The molecule has 2 aromatic rings. The summed E-state index contributed by atoms with van der Waals surface area (Å²) in [6.07, 6.45) is 0. The Bertz CT molecular complexity index is 629. The van der Waals surface area contributed by atoms with Crippen LogP contribution in [0, 0.1) is 0 Å². The van der Waals surface area contributed by atoms with Crippen molar-refractivity contribution in [3.05, 3.63) is 57.6 Å². The van der Waals surface area contributed by atoms with Crippen molar-refractivity contribution in [2.24, 2.45) is 0 Å². The van der Waals surface area contributed by atoms with Crippen LogP contribution in [-0.2, 0) is 6.54 Å². The molecule has 0 aliphatic heterocycles. The average molecular weight is 340 g/mol. The molecule has 1 atom stereocenters. The molecule has 0 aliphatic carbocycles. The summed E-state index contributed by atoms with van der Waals surface area (Å²) in [5, 5.41) is 4.73. The first-order chi connectivity index (χ1) is 10.5. The van der Waals surface area contributed by atoms with Crippen LogP contribution in [0.25, 0.3) is 0 Å². The smallest absolute Gasteiger partial charge is 0.179 e. The molecule has 0 saturated heterocycles. The molecule has 118 valence electrons. The van der Waals surface area contributed by atoms with Crippen molar-refractivity contribution < 1.29 is 9.47 Å². The first-order valence-electron chi connectivity index (χ1n) is 6.94. The van der Waals surface area contributed by atoms with E-state index in [0.29, 0.717) is 23.1 Å². The Morgan fingerprint density at radius 1 is 1.05 bits per heavy atom. The summed E-state index contributed by atoms with van der Waals surface area (Å²) in [5.41, 5.74) is 2.21. The highest BCUT2D eigenvalue weighted by molar-refractivity contribution is 6.32. The van der Waals surface area contributed by atoms with Crippen molar-refractivity contribution in [2.75, 3.05) is 14.2 Å². The van der Waals surface area contributed by atoms with Gasteiger partial charge in [-0.25, -0.2) is 0 Å². The lowest BCUT2D eigenvalue weighted by molar-refractivity contribution is 0.354. The number of hydrogen-bond donors (Lipinski definition) is 1. The standard InChI is InChI=1S/C17H19Cl2NO2/c1-11(13-4-6-14(18)7-5-13)20-10-12-8-15(19)17(22-3)16(9-12)21-2/h4-9,11,20H,10H2,1-3H3. The molecule has 1 unspecified atom stereocenters. The van der Waals surface area contributed by atoms with Crippen LogP contribution in [0.15, 0.2) is 36.4 Å². The van der Waals surface area contributed by atoms with Crippen molar-refractivity contribution in [1.82, 2.24) is 5.32 Å². The Kier molecular flexibility index (Phi) is 5.95. The summed E-state index contributed by atoms with van der Waals surface area (Å²) in [5.74, 6) is 1.18. The average Bonchev–Trinajstić information content (AvgIpc) is 2.52.